The number of benzene rings is 1. The van der Waals surface area contributed by atoms with Gasteiger partial charge in [0, 0.05) is 20.1 Å². The van der Waals surface area contributed by atoms with Crippen molar-refractivity contribution in [3.05, 3.63) is 35.4 Å². The van der Waals surface area contributed by atoms with Crippen molar-refractivity contribution in [1.29, 1.82) is 0 Å². The maximum Gasteiger partial charge on any atom is 0.383 e. The van der Waals surface area contributed by atoms with Crippen LogP contribution in [0.3, 0.4) is 0 Å². The summed E-state index contributed by atoms with van der Waals surface area (Å²) in [6.45, 7) is 8.13. The molecule has 1 aliphatic heterocycles. The summed E-state index contributed by atoms with van der Waals surface area (Å²) in [7, 11) is 3.31. The Hall–Kier alpha value is -3.84. The van der Waals surface area contributed by atoms with Crippen molar-refractivity contribution in [1.82, 2.24) is 26.2 Å². The van der Waals surface area contributed by atoms with Crippen LogP contribution in [0.25, 0.3) is 0 Å². The van der Waals surface area contributed by atoms with E-state index in [-0.39, 0.29) is 19.5 Å². The van der Waals surface area contributed by atoms with Gasteiger partial charge in [0.2, 0.25) is 29.4 Å². The molecule has 1 aromatic carbocycles. The van der Waals surface area contributed by atoms with E-state index in [1.165, 1.54) is 25.8 Å². The van der Waals surface area contributed by atoms with Crippen molar-refractivity contribution in [3.8, 4) is 0 Å². The van der Waals surface area contributed by atoms with Crippen LogP contribution in [-0.2, 0) is 41.6 Å². The Morgan fingerprint density at radius 3 is 2.20 bits per heavy atom. The minimum atomic E-state index is -4.43. The van der Waals surface area contributed by atoms with E-state index in [0.717, 1.165) is 5.56 Å². The Morgan fingerprint density at radius 1 is 0.977 bits per heavy atom. The van der Waals surface area contributed by atoms with Crippen LogP contribution < -0.4 is 21.3 Å². The normalized spacial score (nSPS) is 16.2. The average Bonchev–Trinajstić information content (AvgIpc) is 3.47. The topological polar surface area (TPSA) is 154 Å². The molecule has 0 saturated carbocycles. The van der Waals surface area contributed by atoms with Crippen molar-refractivity contribution in [2.75, 3.05) is 13.6 Å². The lowest BCUT2D eigenvalue weighted by molar-refractivity contribution is -0.161. The SMILES string of the molecule is C[B]Cc1cccc(CNC(=O)C(F)(F)C(=O)C(NC(=O)C2CCCN2C(=O)C(NC(=O)CC(=O)NC)C(C)C)C(C)C)c1. The summed E-state index contributed by atoms with van der Waals surface area (Å²) >= 11 is 0. The van der Waals surface area contributed by atoms with Crippen molar-refractivity contribution < 1.29 is 37.5 Å². The molecule has 1 radical (unpaired) electrons. The first-order chi connectivity index (χ1) is 20.6. The highest BCUT2D eigenvalue weighted by molar-refractivity contribution is 6.32. The molecule has 4 N–H and O–H groups in total. The van der Waals surface area contributed by atoms with Gasteiger partial charge < -0.3 is 26.2 Å². The maximum absolute atomic E-state index is 15.1. The third-order valence-corrected chi connectivity index (χ3v) is 7.41. The zero-order valence-corrected chi connectivity index (χ0v) is 26.2. The fourth-order valence-electron chi connectivity index (χ4n) is 4.94. The molecule has 0 spiro atoms. The minimum absolute atomic E-state index is 0.168. The van der Waals surface area contributed by atoms with E-state index in [2.05, 4.69) is 21.3 Å². The molecule has 3 unspecified atom stereocenters. The third kappa shape index (κ3) is 9.58. The van der Waals surface area contributed by atoms with Crippen molar-refractivity contribution in [2.24, 2.45) is 11.8 Å². The monoisotopic (exact) mass is 618 g/mol. The molecule has 2 rings (SSSR count). The molecule has 0 aromatic heterocycles. The first kappa shape index (κ1) is 36.4. The number of carbonyl (C=O) groups excluding carboxylic acids is 6. The number of carbonyl (C=O) groups is 6. The Kier molecular flexibility index (Phi) is 13.5. The number of nitrogens with zero attached hydrogens (tertiary/aromatic N) is 1. The summed E-state index contributed by atoms with van der Waals surface area (Å²) in [6, 6.07) is 3.21. The Bertz CT molecular complexity index is 1230. The van der Waals surface area contributed by atoms with Crippen LogP contribution in [0.5, 0.6) is 0 Å². The first-order valence-electron chi connectivity index (χ1n) is 14.8. The molecule has 5 amide bonds. The van der Waals surface area contributed by atoms with E-state index in [1.807, 2.05) is 20.2 Å². The second kappa shape index (κ2) is 16.3. The minimum Gasteiger partial charge on any atom is -0.359 e. The lowest BCUT2D eigenvalue weighted by Gasteiger charge is -2.32. The summed E-state index contributed by atoms with van der Waals surface area (Å²) in [6.07, 6.45) is 0.817. The summed E-state index contributed by atoms with van der Waals surface area (Å²) in [5.41, 5.74) is 1.53. The highest BCUT2D eigenvalue weighted by Gasteiger charge is 2.51. The molecule has 0 aliphatic carbocycles. The van der Waals surface area contributed by atoms with Crippen molar-refractivity contribution in [2.45, 2.75) is 90.7 Å². The van der Waals surface area contributed by atoms with Gasteiger partial charge in [-0.25, -0.2) is 0 Å². The second-order valence-electron chi connectivity index (χ2n) is 11.6. The lowest BCUT2D eigenvalue weighted by Crippen LogP contribution is -2.60. The molecule has 0 bridgehead atoms. The summed E-state index contributed by atoms with van der Waals surface area (Å²) in [4.78, 5) is 77.4. The van der Waals surface area contributed by atoms with Gasteiger partial charge in [0.05, 0.1) is 6.04 Å². The fourth-order valence-corrected chi connectivity index (χ4v) is 4.94. The molecule has 1 aromatic rings. The van der Waals surface area contributed by atoms with Gasteiger partial charge in [0.15, 0.2) is 0 Å². The largest absolute Gasteiger partial charge is 0.383 e. The maximum atomic E-state index is 15.1. The number of hydrogen-bond donors (Lipinski definition) is 4. The number of Topliss-reactive ketones (excluding diaryl/α,β-unsaturated/α-hetero) is 1. The molecular weight excluding hydrogens is 575 g/mol. The Labute approximate surface area is 257 Å². The number of likely N-dealkylation sites (tertiary alicyclic amines) is 1. The Morgan fingerprint density at radius 2 is 1.61 bits per heavy atom. The zero-order valence-electron chi connectivity index (χ0n) is 26.2. The quantitative estimate of drug-likeness (QED) is 0.171. The third-order valence-electron chi connectivity index (χ3n) is 7.41. The molecule has 1 saturated heterocycles. The van der Waals surface area contributed by atoms with Gasteiger partial charge in [-0.1, -0.05) is 70.7 Å². The molecule has 1 aliphatic rings. The van der Waals surface area contributed by atoms with Crippen LogP contribution >= 0.6 is 0 Å². The smallest absolute Gasteiger partial charge is 0.359 e. The molecule has 241 valence electrons. The van der Waals surface area contributed by atoms with Crippen molar-refractivity contribution in [3.63, 3.8) is 0 Å². The van der Waals surface area contributed by atoms with Crippen LogP contribution in [0.15, 0.2) is 24.3 Å². The average molecular weight is 619 g/mol. The van der Waals surface area contributed by atoms with Gasteiger partial charge in [0.1, 0.15) is 25.8 Å². The van der Waals surface area contributed by atoms with Crippen LogP contribution in [0.4, 0.5) is 8.78 Å². The van der Waals surface area contributed by atoms with E-state index in [9.17, 15) is 28.8 Å². The standard InChI is InChI=1S/C30H43BF2N5O6/c1-17(2)24(26(41)30(32,33)29(44)35-16-20-10-7-9-19(13-20)15-31-5)37-27(42)21-11-8-12-38(21)28(43)25(18(3)4)36-23(40)14-22(39)34-6/h7,9-10,13,17-18,21,24-25H,8,11-12,14-16H2,1-6H3,(H,34,39)(H,35,44)(H,36,40)(H,37,42). The van der Waals surface area contributed by atoms with Crippen LogP contribution in [0.2, 0.25) is 6.82 Å². The number of rotatable bonds is 15. The molecule has 44 heavy (non-hydrogen) atoms. The number of alkyl halides is 2. The van der Waals surface area contributed by atoms with E-state index in [4.69, 9.17) is 0 Å². The second-order valence-corrected chi connectivity index (χ2v) is 11.6. The number of amides is 5. The molecule has 3 atom stereocenters. The van der Waals surface area contributed by atoms with Crippen LogP contribution in [-0.4, -0.2) is 85.1 Å². The number of ketones is 1. The van der Waals surface area contributed by atoms with E-state index in [1.54, 1.807) is 32.0 Å². The van der Waals surface area contributed by atoms with Crippen molar-refractivity contribution >= 4 is 42.6 Å². The zero-order chi connectivity index (χ0) is 33.2. The first-order valence-corrected chi connectivity index (χ1v) is 14.8. The van der Waals surface area contributed by atoms with Gasteiger partial charge >= 0.3 is 5.92 Å². The Balaban J connectivity index is 2.13. The molecule has 11 nitrogen and oxygen atoms in total. The molecule has 14 heteroatoms. The van der Waals surface area contributed by atoms with Gasteiger partial charge in [-0.05, 0) is 30.2 Å². The van der Waals surface area contributed by atoms with Gasteiger partial charge in [-0.2, -0.15) is 8.78 Å². The van der Waals surface area contributed by atoms with Gasteiger partial charge in [0.25, 0.3) is 5.91 Å². The van der Waals surface area contributed by atoms with Gasteiger partial charge in [-0.3, -0.25) is 28.8 Å². The predicted octanol–water partition coefficient (Wildman–Crippen LogP) is 1.17. The summed E-state index contributed by atoms with van der Waals surface area (Å²) < 4.78 is 30.3. The molecule has 1 fully saturated rings. The lowest BCUT2D eigenvalue weighted by atomic mass is 9.75. The number of halogens is 2. The molecular formula is C30H43BF2N5O6. The van der Waals surface area contributed by atoms with Gasteiger partial charge in [-0.15, -0.1) is 0 Å². The predicted molar refractivity (Wildman–Crippen MR) is 161 cm³/mol. The molecule has 1 heterocycles. The van der Waals surface area contributed by atoms with E-state index >= 15 is 8.78 Å². The highest BCUT2D eigenvalue weighted by atomic mass is 19.3. The van der Waals surface area contributed by atoms with Crippen LogP contribution in [0, 0.1) is 11.8 Å². The summed E-state index contributed by atoms with van der Waals surface area (Å²) in [5.74, 6) is -11.8. The summed E-state index contributed by atoms with van der Waals surface area (Å²) in [5, 5.41) is 9.34. The fraction of sp³-hybridized carbons (Fsp3) is 0.600. The van der Waals surface area contributed by atoms with E-state index < -0.39 is 77.6 Å². The van der Waals surface area contributed by atoms with Crippen LogP contribution in [0.1, 0.15) is 58.1 Å². The van der Waals surface area contributed by atoms with E-state index in [0.29, 0.717) is 18.3 Å². The number of nitrogens with one attached hydrogen (secondary N) is 4. The highest BCUT2D eigenvalue weighted by Crippen LogP contribution is 2.24. The number of hydrogen-bond acceptors (Lipinski definition) is 6.